The second-order valence-electron chi connectivity index (χ2n) is 5.95. The van der Waals surface area contributed by atoms with Gasteiger partial charge in [-0.1, -0.05) is 0 Å². The Morgan fingerprint density at radius 2 is 2.11 bits per heavy atom. The summed E-state index contributed by atoms with van der Waals surface area (Å²) in [6.45, 7) is 2.14. The third-order valence-corrected chi connectivity index (χ3v) is 4.00. The number of hydrogen-bond acceptors (Lipinski definition) is 5. The molecule has 154 valence electrons. The van der Waals surface area contributed by atoms with Crippen LogP contribution in [0.4, 0.5) is 25.0 Å². The molecule has 0 saturated carbocycles. The fourth-order valence-electron chi connectivity index (χ4n) is 2.66. The van der Waals surface area contributed by atoms with Crippen LogP contribution in [0.1, 0.15) is 18.9 Å². The van der Waals surface area contributed by atoms with Crippen LogP contribution in [0.15, 0.2) is 18.2 Å². The molecule has 1 fully saturated rings. The SMILES string of the molecule is CCNC(=O)N[C@@H](CN)C(=O)Nc1ccc(N2CCOCC2=O)c(C(F)F)c1. The standard InChI is InChI=1S/C17H23F2N5O4/c1-2-21-17(27)23-12(8-20)16(26)22-10-3-4-13(11(7-10)15(18)19)24-5-6-28-9-14(24)25/h3-4,7,12,15H,2,5-6,8-9,20H2,1H3,(H,22,26)(H2,21,23,27)/t12-/m0/s1. The first-order valence-corrected chi connectivity index (χ1v) is 8.72. The molecule has 9 nitrogen and oxygen atoms in total. The third-order valence-electron chi connectivity index (χ3n) is 4.00. The fraction of sp³-hybridized carbons (Fsp3) is 0.471. The van der Waals surface area contributed by atoms with Gasteiger partial charge in [0.2, 0.25) is 5.91 Å². The Labute approximate surface area is 160 Å². The summed E-state index contributed by atoms with van der Waals surface area (Å²) in [5, 5.41) is 7.31. The van der Waals surface area contributed by atoms with Crippen LogP contribution in [-0.2, 0) is 14.3 Å². The Bertz CT molecular complexity index is 731. The van der Waals surface area contributed by atoms with E-state index in [4.69, 9.17) is 10.5 Å². The van der Waals surface area contributed by atoms with E-state index in [1.807, 2.05) is 0 Å². The Morgan fingerprint density at radius 3 is 2.71 bits per heavy atom. The number of amides is 4. The maximum Gasteiger partial charge on any atom is 0.315 e. The Balaban J connectivity index is 2.17. The number of benzene rings is 1. The second-order valence-corrected chi connectivity index (χ2v) is 5.95. The average molecular weight is 399 g/mol. The van der Waals surface area contributed by atoms with Gasteiger partial charge in [0.05, 0.1) is 12.3 Å². The molecule has 0 aromatic heterocycles. The monoisotopic (exact) mass is 399 g/mol. The molecule has 1 atom stereocenters. The van der Waals surface area contributed by atoms with E-state index in [1.54, 1.807) is 6.92 Å². The maximum absolute atomic E-state index is 13.5. The molecule has 5 N–H and O–H groups in total. The van der Waals surface area contributed by atoms with E-state index in [9.17, 15) is 23.2 Å². The number of nitrogens with two attached hydrogens (primary N) is 1. The second kappa shape index (κ2) is 9.95. The number of alkyl halides is 2. The largest absolute Gasteiger partial charge is 0.370 e. The van der Waals surface area contributed by atoms with E-state index in [0.29, 0.717) is 6.54 Å². The molecule has 0 radical (unpaired) electrons. The minimum absolute atomic E-state index is 0.0668. The summed E-state index contributed by atoms with van der Waals surface area (Å²) in [5.41, 5.74) is 5.28. The topological polar surface area (TPSA) is 126 Å². The minimum atomic E-state index is -2.86. The van der Waals surface area contributed by atoms with E-state index < -0.39 is 35.9 Å². The van der Waals surface area contributed by atoms with Gasteiger partial charge in [0.25, 0.3) is 12.3 Å². The summed E-state index contributed by atoms with van der Waals surface area (Å²) in [6.07, 6.45) is -2.86. The van der Waals surface area contributed by atoms with Crippen molar-refractivity contribution < 1.29 is 27.9 Å². The normalized spacial score (nSPS) is 15.3. The van der Waals surface area contributed by atoms with E-state index >= 15 is 0 Å². The van der Waals surface area contributed by atoms with Gasteiger partial charge in [-0.25, -0.2) is 13.6 Å². The molecule has 1 heterocycles. The number of ether oxygens (including phenoxy) is 1. The third kappa shape index (κ3) is 5.36. The number of carbonyl (C=O) groups excluding carboxylic acids is 3. The van der Waals surface area contributed by atoms with Crippen LogP contribution in [0.25, 0.3) is 0 Å². The summed E-state index contributed by atoms with van der Waals surface area (Å²) >= 11 is 0. The predicted octanol–water partition coefficient (Wildman–Crippen LogP) is 0.572. The minimum Gasteiger partial charge on any atom is -0.370 e. The first-order chi connectivity index (χ1) is 13.4. The van der Waals surface area contributed by atoms with Gasteiger partial charge in [-0.15, -0.1) is 0 Å². The number of carbonyl (C=O) groups is 3. The molecule has 1 saturated heterocycles. The van der Waals surface area contributed by atoms with Gasteiger partial charge >= 0.3 is 6.03 Å². The highest BCUT2D eigenvalue weighted by molar-refractivity contribution is 5.99. The summed E-state index contributed by atoms with van der Waals surface area (Å²) in [5.74, 6) is -1.07. The summed E-state index contributed by atoms with van der Waals surface area (Å²) in [7, 11) is 0. The van der Waals surface area contributed by atoms with Crippen LogP contribution in [-0.4, -0.2) is 56.7 Å². The van der Waals surface area contributed by atoms with E-state index in [1.165, 1.54) is 17.0 Å². The van der Waals surface area contributed by atoms with Crippen LogP contribution in [0.5, 0.6) is 0 Å². The van der Waals surface area contributed by atoms with E-state index in [-0.39, 0.29) is 37.7 Å². The molecule has 1 aromatic carbocycles. The van der Waals surface area contributed by atoms with Gasteiger partial charge in [-0.05, 0) is 25.1 Å². The Kier molecular flexibility index (Phi) is 7.64. The molecule has 0 unspecified atom stereocenters. The van der Waals surface area contributed by atoms with Crippen LogP contribution >= 0.6 is 0 Å². The first kappa shape index (κ1) is 21.5. The first-order valence-electron chi connectivity index (χ1n) is 8.72. The van der Waals surface area contributed by atoms with Crippen molar-refractivity contribution in [3.8, 4) is 0 Å². The highest BCUT2D eigenvalue weighted by Gasteiger charge is 2.26. The van der Waals surface area contributed by atoms with Gasteiger partial charge in [0.15, 0.2) is 0 Å². The zero-order valence-electron chi connectivity index (χ0n) is 15.3. The lowest BCUT2D eigenvalue weighted by atomic mass is 10.1. The zero-order valence-corrected chi connectivity index (χ0v) is 15.3. The van der Waals surface area contributed by atoms with Crippen LogP contribution in [0.2, 0.25) is 0 Å². The lowest BCUT2D eigenvalue weighted by Crippen LogP contribution is -2.51. The lowest BCUT2D eigenvalue weighted by molar-refractivity contribution is -0.125. The number of hydrogen-bond donors (Lipinski definition) is 4. The Morgan fingerprint density at radius 1 is 1.36 bits per heavy atom. The van der Waals surface area contributed by atoms with Crippen LogP contribution in [0.3, 0.4) is 0 Å². The molecule has 11 heteroatoms. The smallest absolute Gasteiger partial charge is 0.315 e. The van der Waals surface area contributed by atoms with Crippen molar-refractivity contribution in [2.45, 2.75) is 19.4 Å². The molecule has 0 bridgehead atoms. The number of halogens is 2. The molecule has 28 heavy (non-hydrogen) atoms. The number of urea groups is 1. The highest BCUT2D eigenvalue weighted by Crippen LogP contribution is 2.33. The maximum atomic E-state index is 13.5. The van der Waals surface area contributed by atoms with Crippen molar-refractivity contribution in [2.75, 3.05) is 43.1 Å². The quantitative estimate of drug-likeness (QED) is 0.533. The van der Waals surface area contributed by atoms with Crippen molar-refractivity contribution in [1.82, 2.24) is 10.6 Å². The predicted molar refractivity (Wildman–Crippen MR) is 98.3 cm³/mol. The molecule has 4 amide bonds. The highest BCUT2D eigenvalue weighted by atomic mass is 19.3. The molecule has 0 spiro atoms. The van der Waals surface area contributed by atoms with Crippen molar-refractivity contribution in [3.05, 3.63) is 23.8 Å². The molecule has 1 aliphatic heterocycles. The van der Waals surface area contributed by atoms with Gasteiger partial charge in [-0.3, -0.25) is 9.59 Å². The van der Waals surface area contributed by atoms with Gasteiger partial charge in [-0.2, -0.15) is 0 Å². The number of anilines is 2. The fourth-order valence-corrected chi connectivity index (χ4v) is 2.66. The van der Waals surface area contributed by atoms with E-state index in [2.05, 4.69) is 16.0 Å². The molecular formula is C17H23F2N5O4. The molecular weight excluding hydrogens is 376 g/mol. The number of rotatable bonds is 7. The summed E-state index contributed by atoms with van der Waals surface area (Å²) in [4.78, 5) is 37.0. The number of nitrogens with zero attached hydrogens (tertiary/aromatic N) is 1. The molecule has 1 aliphatic rings. The molecule has 0 aliphatic carbocycles. The van der Waals surface area contributed by atoms with Crippen molar-refractivity contribution >= 4 is 29.2 Å². The average Bonchev–Trinajstić information content (AvgIpc) is 2.66. The van der Waals surface area contributed by atoms with Crippen molar-refractivity contribution in [1.29, 1.82) is 0 Å². The van der Waals surface area contributed by atoms with Crippen LogP contribution in [0, 0.1) is 0 Å². The summed E-state index contributed by atoms with van der Waals surface area (Å²) in [6, 6.07) is 2.24. The van der Waals surface area contributed by atoms with Crippen molar-refractivity contribution in [3.63, 3.8) is 0 Å². The van der Waals surface area contributed by atoms with Gasteiger partial charge in [0.1, 0.15) is 12.6 Å². The number of morpholine rings is 1. The van der Waals surface area contributed by atoms with Gasteiger partial charge in [0, 0.05) is 30.9 Å². The lowest BCUT2D eigenvalue weighted by Gasteiger charge is -2.29. The number of nitrogens with one attached hydrogen (secondary N) is 3. The van der Waals surface area contributed by atoms with Crippen LogP contribution < -0.4 is 26.6 Å². The van der Waals surface area contributed by atoms with Crippen molar-refractivity contribution in [2.24, 2.45) is 5.73 Å². The Hall–Kier alpha value is -2.79. The summed E-state index contributed by atoms with van der Waals surface area (Å²) < 4.78 is 32.1. The molecule has 2 rings (SSSR count). The zero-order chi connectivity index (χ0) is 20.7. The molecule has 1 aromatic rings. The van der Waals surface area contributed by atoms with Gasteiger partial charge < -0.3 is 31.3 Å². The van der Waals surface area contributed by atoms with E-state index in [0.717, 1.165) is 6.07 Å².